The summed E-state index contributed by atoms with van der Waals surface area (Å²) in [6.45, 7) is 6.63. The van der Waals surface area contributed by atoms with E-state index >= 15 is 0 Å². The van der Waals surface area contributed by atoms with E-state index in [-0.39, 0.29) is 5.41 Å². The van der Waals surface area contributed by atoms with Gasteiger partial charge in [-0.3, -0.25) is 9.69 Å². The van der Waals surface area contributed by atoms with Gasteiger partial charge in [0.05, 0.1) is 5.41 Å². The van der Waals surface area contributed by atoms with Crippen LogP contribution in [0.5, 0.6) is 0 Å². The molecule has 4 heteroatoms. The highest BCUT2D eigenvalue weighted by Crippen LogP contribution is 2.34. The lowest BCUT2D eigenvalue weighted by Gasteiger charge is -2.37. The largest absolute Gasteiger partial charge is 0.341 e. The van der Waals surface area contributed by atoms with Gasteiger partial charge in [0, 0.05) is 31.7 Å². The number of likely N-dealkylation sites (tertiary alicyclic amines) is 1. The van der Waals surface area contributed by atoms with Crippen LogP contribution in [-0.2, 0) is 4.79 Å². The van der Waals surface area contributed by atoms with Crippen molar-refractivity contribution in [3.05, 3.63) is 0 Å². The quantitative estimate of drug-likeness (QED) is 0.817. The van der Waals surface area contributed by atoms with E-state index in [1.54, 1.807) is 0 Å². The van der Waals surface area contributed by atoms with Gasteiger partial charge in [-0.2, -0.15) is 0 Å². The summed E-state index contributed by atoms with van der Waals surface area (Å²) in [5, 5.41) is 0. The van der Waals surface area contributed by atoms with E-state index in [4.69, 9.17) is 5.73 Å². The molecule has 0 radical (unpaired) electrons. The van der Waals surface area contributed by atoms with Crippen LogP contribution < -0.4 is 5.73 Å². The second kappa shape index (κ2) is 7.10. The van der Waals surface area contributed by atoms with Crippen LogP contribution in [0.1, 0.15) is 58.8 Å². The van der Waals surface area contributed by atoms with Crippen molar-refractivity contribution in [1.29, 1.82) is 0 Å². The van der Waals surface area contributed by atoms with Crippen molar-refractivity contribution in [2.24, 2.45) is 11.1 Å². The van der Waals surface area contributed by atoms with Gasteiger partial charge in [0.15, 0.2) is 0 Å². The second-order valence-electron chi connectivity index (χ2n) is 7.07. The van der Waals surface area contributed by atoms with Crippen LogP contribution in [0.4, 0.5) is 0 Å². The third-order valence-electron chi connectivity index (χ3n) is 5.74. The molecule has 2 heterocycles. The molecule has 0 aliphatic carbocycles. The first-order valence-corrected chi connectivity index (χ1v) is 8.79. The van der Waals surface area contributed by atoms with E-state index in [1.165, 1.54) is 12.8 Å². The number of carbonyl (C=O) groups excluding carboxylic acids is 1. The van der Waals surface area contributed by atoms with Crippen molar-refractivity contribution in [3.8, 4) is 0 Å². The molecule has 1 amide bonds. The molecule has 2 aliphatic heterocycles. The Kier molecular flexibility index (Phi) is 5.67. The number of nitrogens with zero attached hydrogens (tertiary/aromatic N) is 2. The molecule has 2 rings (SSSR count). The summed E-state index contributed by atoms with van der Waals surface area (Å²) in [7, 11) is 2.23. The maximum atomic E-state index is 13.2. The number of carbonyl (C=O) groups is 1. The van der Waals surface area contributed by atoms with Crippen molar-refractivity contribution in [1.82, 2.24) is 9.80 Å². The zero-order valence-electron chi connectivity index (χ0n) is 14.1. The van der Waals surface area contributed by atoms with Gasteiger partial charge in [-0.1, -0.05) is 26.7 Å². The Labute approximate surface area is 130 Å². The Balaban J connectivity index is 2.13. The highest BCUT2D eigenvalue weighted by atomic mass is 16.2. The van der Waals surface area contributed by atoms with Gasteiger partial charge in [-0.15, -0.1) is 0 Å². The predicted octanol–water partition coefficient (Wildman–Crippen LogP) is 2.23. The minimum Gasteiger partial charge on any atom is -0.341 e. The minimum absolute atomic E-state index is 0.314. The fourth-order valence-electron chi connectivity index (χ4n) is 4.42. The number of amides is 1. The topological polar surface area (TPSA) is 49.6 Å². The van der Waals surface area contributed by atoms with Crippen molar-refractivity contribution in [3.63, 3.8) is 0 Å². The average Bonchev–Trinajstić information content (AvgIpc) is 2.71. The molecule has 2 atom stereocenters. The van der Waals surface area contributed by atoms with Gasteiger partial charge >= 0.3 is 0 Å². The first-order chi connectivity index (χ1) is 10.1. The number of nitrogens with two attached hydrogens (primary N) is 1. The molecule has 4 nitrogen and oxygen atoms in total. The van der Waals surface area contributed by atoms with E-state index < -0.39 is 0 Å². The number of likely N-dealkylation sites (N-methyl/N-ethyl adjacent to an activating group) is 1. The molecular weight excluding hydrogens is 262 g/mol. The molecule has 122 valence electrons. The minimum atomic E-state index is -0.314. The van der Waals surface area contributed by atoms with Crippen molar-refractivity contribution < 1.29 is 4.79 Å². The highest BCUT2D eigenvalue weighted by Gasteiger charge is 2.42. The Morgan fingerprint density at radius 3 is 2.33 bits per heavy atom. The molecule has 2 fully saturated rings. The summed E-state index contributed by atoms with van der Waals surface area (Å²) in [4.78, 5) is 17.8. The summed E-state index contributed by atoms with van der Waals surface area (Å²) >= 11 is 0. The van der Waals surface area contributed by atoms with Gasteiger partial charge in [0.25, 0.3) is 0 Å². The molecule has 2 aliphatic rings. The van der Waals surface area contributed by atoms with E-state index in [0.717, 1.165) is 45.2 Å². The van der Waals surface area contributed by atoms with Crippen LogP contribution in [0.25, 0.3) is 0 Å². The number of fused-ring (bicyclic) bond motifs is 2. The molecule has 0 spiro atoms. The van der Waals surface area contributed by atoms with Crippen LogP contribution in [0.15, 0.2) is 0 Å². The van der Waals surface area contributed by atoms with Gasteiger partial charge in [0.1, 0.15) is 0 Å². The summed E-state index contributed by atoms with van der Waals surface area (Å²) in [5.41, 5.74) is 5.76. The molecule has 2 bridgehead atoms. The Morgan fingerprint density at radius 1 is 1.14 bits per heavy atom. The summed E-state index contributed by atoms with van der Waals surface area (Å²) < 4.78 is 0. The molecule has 0 saturated carbocycles. The Morgan fingerprint density at radius 2 is 1.76 bits per heavy atom. The van der Waals surface area contributed by atoms with Crippen LogP contribution >= 0.6 is 0 Å². The molecule has 2 saturated heterocycles. The van der Waals surface area contributed by atoms with Crippen LogP contribution in [0.3, 0.4) is 0 Å². The normalized spacial score (nSPS) is 27.0. The van der Waals surface area contributed by atoms with Crippen molar-refractivity contribution in [2.75, 3.05) is 26.7 Å². The standard InChI is InChI=1S/C17H33N3O/c1-4-9-17(13-18,10-5-2)16(21)20-11-8-14-6-7-15(12-20)19(14)3/h14-15H,4-13,18H2,1-3H3. The molecule has 0 aromatic heterocycles. The monoisotopic (exact) mass is 295 g/mol. The second-order valence-corrected chi connectivity index (χ2v) is 7.07. The Hall–Kier alpha value is -0.610. The van der Waals surface area contributed by atoms with E-state index in [1.807, 2.05) is 0 Å². The molecule has 2 unspecified atom stereocenters. The SMILES string of the molecule is CCCC(CN)(CCC)C(=O)N1CCC2CCC(C1)N2C. The Bertz CT molecular complexity index is 352. The zero-order valence-corrected chi connectivity index (χ0v) is 14.1. The molecule has 2 N–H and O–H groups in total. The highest BCUT2D eigenvalue weighted by molar-refractivity contribution is 5.83. The van der Waals surface area contributed by atoms with Crippen LogP contribution in [0, 0.1) is 5.41 Å². The van der Waals surface area contributed by atoms with Gasteiger partial charge in [-0.05, 0) is 39.2 Å². The lowest BCUT2D eigenvalue weighted by molar-refractivity contribution is -0.143. The van der Waals surface area contributed by atoms with Gasteiger partial charge in [0.2, 0.25) is 5.91 Å². The average molecular weight is 295 g/mol. The first-order valence-electron chi connectivity index (χ1n) is 8.79. The fraction of sp³-hybridized carbons (Fsp3) is 0.941. The van der Waals surface area contributed by atoms with Crippen LogP contribution in [0.2, 0.25) is 0 Å². The lowest BCUT2D eigenvalue weighted by Crippen LogP contribution is -2.50. The fourth-order valence-corrected chi connectivity index (χ4v) is 4.42. The molecular formula is C17H33N3O. The smallest absolute Gasteiger partial charge is 0.230 e. The van der Waals surface area contributed by atoms with E-state index in [2.05, 4.69) is 30.7 Å². The number of rotatable bonds is 6. The van der Waals surface area contributed by atoms with Gasteiger partial charge < -0.3 is 10.6 Å². The van der Waals surface area contributed by atoms with E-state index in [0.29, 0.717) is 24.5 Å². The molecule has 0 aromatic rings. The maximum absolute atomic E-state index is 13.2. The lowest BCUT2D eigenvalue weighted by atomic mass is 9.77. The van der Waals surface area contributed by atoms with E-state index in [9.17, 15) is 4.79 Å². The first kappa shape index (κ1) is 16.8. The third-order valence-corrected chi connectivity index (χ3v) is 5.74. The van der Waals surface area contributed by atoms with Crippen molar-refractivity contribution in [2.45, 2.75) is 70.9 Å². The summed E-state index contributed by atoms with van der Waals surface area (Å²) in [5.74, 6) is 0.328. The number of hydrogen-bond donors (Lipinski definition) is 1. The summed E-state index contributed by atoms with van der Waals surface area (Å²) in [6.07, 6.45) is 7.58. The predicted molar refractivity (Wildman–Crippen MR) is 87.1 cm³/mol. The zero-order chi connectivity index (χ0) is 15.5. The van der Waals surface area contributed by atoms with Crippen molar-refractivity contribution >= 4 is 5.91 Å². The van der Waals surface area contributed by atoms with Gasteiger partial charge in [-0.25, -0.2) is 0 Å². The third kappa shape index (κ3) is 3.26. The maximum Gasteiger partial charge on any atom is 0.230 e. The number of hydrogen-bond acceptors (Lipinski definition) is 3. The summed E-state index contributed by atoms with van der Waals surface area (Å²) in [6, 6.07) is 1.23. The molecule has 21 heavy (non-hydrogen) atoms. The van der Waals surface area contributed by atoms with Crippen LogP contribution in [-0.4, -0.2) is 54.5 Å². The molecule has 0 aromatic carbocycles.